The van der Waals surface area contributed by atoms with Gasteiger partial charge in [0.2, 0.25) is 11.8 Å². The zero-order valence-corrected chi connectivity index (χ0v) is 27.9. The molecule has 2 saturated carbocycles. The number of nitrogens with one attached hydrogen (secondary N) is 4. The summed E-state index contributed by atoms with van der Waals surface area (Å²) in [6.07, 6.45) is 0.759. The van der Waals surface area contributed by atoms with Gasteiger partial charge in [0.15, 0.2) is 0 Å². The van der Waals surface area contributed by atoms with Crippen molar-refractivity contribution in [3.8, 4) is 0 Å². The van der Waals surface area contributed by atoms with Crippen LogP contribution in [0, 0.1) is 11.8 Å². The van der Waals surface area contributed by atoms with Crippen molar-refractivity contribution in [2.75, 3.05) is 28.2 Å². The van der Waals surface area contributed by atoms with Gasteiger partial charge in [-0.05, 0) is 80.1 Å². The fraction of sp³-hybridized carbons (Fsp3) is 0.800. The Kier molecular flexibility index (Phi) is 12.4. The lowest BCUT2D eigenvalue weighted by molar-refractivity contribution is -0.141. The Bertz CT molecular complexity index is 996. The Morgan fingerprint density at radius 2 is 0.841 bits per heavy atom. The minimum Gasteiger partial charge on any atom is -0.444 e. The molecule has 0 heterocycles. The molecule has 2 fully saturated rings. The SMILES string of the molecule is CN(C)C(=O)[C@@H]1CC[C@@H](NC(=O)C(=O)N[C@H]2CC[C@H](C(=O)N(C)C)C[C@H]2NC(=O)OC(C)(C)C)[C@@H](NC(=O)OC(C)(C)C)C1. The van der Waals surface area contributed by atoms with Gasteiger partial charge in [0.05, 0.1) is 12.1 Å². The second-order valence-electron chi connectivity index (χ2n) is 14.2. The maximum atomic E-state index is 13.1. The molecule has 2 aliphatic carbocycles. The van der Waals surface area contributed by atoms with Crippen LogP contribution in [0.4, 0.5) is 9.59 Å². The molecule has 2 aliphatic rings. The third-order valence-electron chi connectivity index (χ3n) is 7.52. The van der Waals surface area contributed by atoms with Gasteiger partial charge in [-0.2, -0.15) is 0 Å². The number of hydrogen-bond donors (Lipinski definition) is 4. The summed E-state index contributed by atoms with van der Waals surface area (Å²) in [7, 11) is 6.63. The van der Waals surface area contributed by atoms with E-state index in [2.05, 4.69) is 21.3 Å². The number of amides is 6. The number of rotatable bonds is 6. The van der Waals surface area contributed by atoms with Crippen molar-refractivity contribution >= 4 is 35.8 Å². The van der Waals surface area contributed by atoms with Gasteiger partial charge >= 0.3 is 24.0 Å². The minimum atomic E-state index is -0.911. The maximum Gasteiger partial charge on any atom is 0.407 e. The maximum absolute atomic E-state index is 13.1. The van der Waals surface area contributed by atoms with Gasteiger partial charge in [-0.15, -0.1) is 0 Å². The molecule has 14 heteroatoms. The second kappa shape index (κ2) is 14.9. The molecular weight excluding hydrogens is 572 g/mol. The Morgan fingerprint density at radius 1 is 0.523 bits per heavy atom. The lowest BCUT2D eigenvalue weighted by Gasteiger charge is -2.38. The molecule has 4 N–H and O–H groups in total. The summed E-state index contributed by atoms with van der Waals surface area (Å²) < 4.78 is 10.8. The lowest BCUT2D eigenvalue weighted by atomic mass is 9.81. The van der Waals surface area contributed by atoms with Gasteiger partial charge in [-0.25, -0.2) is 9.59 Å². The molecule has 14 nitrogen and oxygen atoms in total. The van der Waals surface area contributed by atoms with Crippen molar-refractivity contribution in [3.63, 3.8) is 0 Å². The standard InChI is InChI=1S/C30H52N6O8/c1-29(2,3)43-27(41)33-21-15-17(25(39)35(7)8)11-13-19(21)31-23(37)24(38)32-20-14-12-18(26(40)36(9)10)16-22(20)34-28(42)44-30(4,5)6/h17-22H,11-16H2,1-10H3,(H,31,37)(H,32,38)(H,33,41)(H,34,42)/t17-,18+,19-,20+,21+,22-. The van der Waals surface area contributed by atoms with Crippen molar-refractivity contribution in [1.29, 1.82) is 0 Å². The molecule has 0 bridgehead atoms. The van der Waals surface area contributed by atoms with Gasteiger partial charge < -0.3 is 40.5 Å². The monoisotopic (exact) mass is 624 g/mol. The summed E-state index contributed by atoms with van der Waals surface area (Å²) in [5.41, 5.74) is -1.51. The molecule has 44 heavy (non-hydrogen) atoms. The Balaban J connectivity index is 2.15. The topological polar surface area (TPSA) is 175 Å². The summed E-state index contributed by atoms with van der Waals surface area (Å²) in [6, 6.07) is -2.57. The van der Waals surface area contributed by atoms with Crippen LogP contribution in [0.25, 0.3) is 0 Å². The van der Waals surface area contributed by atoms with Crippen LogP contribution in [0.5, 0.6) is 0 Å². The van der Waals surface area contributed by atoms with Crippen LogP contribution in [0.3, 0.4) is 0 Å². The van der Waals surface area contributed by atoms with Gasteiger partial charge in [0, 0.05) is 52.1 Å². The van der Waals surface area contributed by atoms with Crippen LogP contribution in [-0.2, 0) is 28.7 Å². The number of alkyl carbamates (subject to hydrolysis) is 2. The largest absolute Gasteiger partial charge is 0.444 e. The molecule has 0 spiro atoms. The van der Waals surface area contributed by atoms with Crippen molar-refractivity contribution < 1.29 is 38.2 Å². The summed E-state index contributed by atoms with van der Waals surface area (Å²) >= 11 is 0. The normalized spacial score (nSPS) is 25.5. The highest BCUT2D eigenvalue weighted by Gasteiger charge is 2.40. The van der Waals surface area contributed by atoms with E-state index in [0.29, 0.717) is 25.7 Å². The summed E-state index contributed by atoms with van der Waals surface area (Å²) in [6.45, 7) is 10.4. The number of nitrogens with zero attached hydrogens (tertiary/aromatic N) is 2. The van der Waals surface area contributed by atoms with Gasteiger partial charge in [0.1, 0.15) is 11.2 Å². The highest BCUT2D eigenvalue weighted by molar-refractivity contribution is 6.35. The van der Waals surface area contributed by atoms with E-state index < -0.39 is 59.4 Å². The smallest absolute Gasteiger partial charge is 0.407 e. The molecule has 0 unspecified atom stereocenters. The Hall–Kier alpha value is -3.58. The van der Waals surface area contributed by atoms with E-state index in [1.807, 2.05) is 0 Å². The lowest BCUT2D eigenvalue weighted by Crippen LogP contribution is -2.61. The fourth-order valence-corrected chi connectivity index (χ4v) is 5.57. The van der Waals surface area contributed by atoms with Gasteiger partial charge in [-0.3, -0.25) is 19.2 Å². The molecule has 0 aromatic heterocycles. The molecule has 2 rings (SSSR count). The van der Waals surface area contributed by atoms with Crippen LogP contribution < -0.4 is 21.3 Å². The molecular formula is C30H52N6O8. The van der Waals surface area contributed by atoms with E-state index in [0.717, 1.165) is 0 Å². The molecule has 0 aliphatic heterocycles. The van der Waals surface area contributed by atoms with E-state index in [1.165, 1.54) is 9.80 Å². The van der Waals surface area contributed by atoms with E-state index >= 15 is 0 Å². The molecule has 250 valence electrons. The van der Waals surface area contributed by atoms with Crippen molar-refractivity contribution in [1.82, 2.24) is 31.1 Å². The number of carbonyl (C=O) groups is 6. The molecule has 0 aromatic rings. The first-order chi connectivity index (χ1) is 20.2. The molecule has 0 aromatic carbocycles. The zero-order valence-electron chi connectivity index (χ0n) is 27.9. The zero-order chi connectivity index (χ0) is 33.6. The van der Waals surface area contributed by atoms with Crippen molar-refractivity contribution in [3.05, 3.63) is 0 Å². The van der Waals surface area contributed by atoms with E-state index in [9.17, 15) is 28.8 Å². The van der Waals surface area contributed by atoms with Gasteiger partial charge in [0.25, 0.3) is 0 Å². The van der Waals surface area contributed by atoms with Crippen LogP contribution in [0.1, 0.15) is 80.1 Å². The quantitative estimate of drug-likeness (QED) is 0.322. The van der Waals surface area contributed by atoms with Crippen LogP contribution in [0.2, 0.25) is 0 Å². The van der Waals surface area contributed by atoms with Crippen molar-refractivity contribution in [2.24, 2.45) is 11.8 Å². The number of hydrogen-bond acceptors (Lipinski definition) is 8. The van der Waals surface area contributed by atoms with E-state index in [-0.39, 0.29) is 36.5 Å². The average molecular weight is 625 g/mol. The second-order valence-corrected chi connectivity index (χ2v) is 14.2. The van der Waals surface area contributed by atoms with Crippen LogP contribution in [0.15, 0.2) is 0 Å². The molecule has 0 saturated heterocycles. The van der Waals surface area contributed by atoms with E-state index in [1.54, 1.807) is 69.7 Å². The predicted octanol–water partition coefficient (Wildman–Crippen LogP) is 1.52. The molecule has 6 amide bonds. The number of ether oxygens (including phenoxy) is 2. The fourth-order valence-electron chi connectivity index (χ4n) is 5.57. The molecule has 6 atom stereocenters. The number of carbonyl (C=O) groups excluding carboxylic acids is 6. The minimum absolute atomic E-state index is 0.0876. The van der Waals surface area contributed by atoms with Gasteiger partial charge in [-0.1, -0.05) is 0 Å². The van der Waals surface area contributed by atoms with Crippen LogP contribution >= 0.6 is 0 Å². The first kappa shape index (κ1) is 36.6. The Labute approximate surface area is 260 Å². The van der Waals surface area contributed by atoms with Crippen molar-refractivity contribution in [2.45, 2.75) is 115 Å². The summed E-state index contributed by atoms with van der Waals surface area (Å²) in [5.74, 6) is -2.74. The third-order valence-corrected chi connectivity index (χ3v) is 7.52. The average Bonchev–Trinajstić information content (AvgIpc) is 2.87. The third kappa shape index (κ3) is 11.5. The van der Waals surface area contributed by atoms with E-state index in [4.69, 9.17) is 9.47 Å². The highest BCUT2D eigenvalue weighted by Crippen LogP contribution is 2.28. The first-order valence-corrected chi connectivity index (χ1v) is 15.2. The first-order valence-electron chi connectivity index (χ1n) is 15.2. The highest BCUT2D eigenvalue weighted by atomic mass is 16.6. The molecule has 0 radical (unpaired) electrons. The van der Waals surface area contributed by atoms with Crippen LogP contribution in [-0.4, -0.2) is 109 Å². The Morgan fingerprint density at radius 3 is 1.11 bits per heavy atom. The summed E-state index contributed by atoms with van der Waals surface area (Å²) in [5, 5.41) is 11.0. The summed E-state index contributed by atoms with van der Waals surface area (Å²) in [4.78, 5) is 79.8. The predicted molar refractivity (Wildman–Crippen MR) is 162 cm³/mol.